The third-order valence-corrected chi connectivity index (χ3v) is 0.742. The van der Waals surface area contributed by atoms with Gasteiger partial charge in [-0.3, -0.25) is 4.39 Å². The second-order valence-electron chi connectivity index (χ2n) is 1.87. The number of hydrogen-bond donors (Lipinski definition) is 2. The lowest BCUT2D eigenvalue weighted by Crippen LogP contribution is -2.19. The van der Waals surface area contributed by atoms with Crippen molar-refractivity contribution in [1.82, 2.24) is 0 Å². The van der Waals surface area contributed by atoms with Crippen molar-refractivity contribution in [2.75, 3.05) is 33.2 Å². The highest BCUT2D eigenvalue weighted by atomic mass is 19.1. The summed E-state index contributed by atoms with van der Waals surface area (Å²) in [6.45, 7) is 0.294. The number of halogens is 2. The molecule has 0 aliphatic carbocycles. The summed E-state index contributed by atoms with van der Waals surface area (Å²) in [6, 6.07) is 0. The number of aliphatic hydroxyl groups is 2. The van der Waals surface area contributed by atoms with Crippen LogP contribution in [0.15, 0.2) is 0 Å². The molecule has 12 heavy (non-hydrogen) atoms. The summed E-state index contributed by atoms with van der Waals surface area (Å²) in [6.07, 6.45) is -0.878. The third kappa shape index (κ3) is 16.4. The summed E-state index contributed by atoms with van der Waals surface area (Å²) in [5, 5.41) is 16.8. The fraction of sp³-hybridized carbons (Fsp3) is 1.00. The zero-order chi connectivity index (χ0) is 9.82. The molecule has 0 bridgehead atoms. The van der Waals surface area contributed by atoms with E-state index in [0.29, 0.717) is 0 Å². The average molecular weight is 186 g/mol. The van der Waals surface area contributed by atoms with E-state index in [9.17, 15) is 8.78 Å². The van der Waals surface area contributed by atoms with Crippen LogP contribution in [0.5, 0.6) is 0 Å². The van der Waals surface area contributed by atoms with E-state index in [2.05, 4.69) is 4.74 Å². The molecule has 0 aliphatic rings. The van der Waals surface area contributed by atoms with Crippen molar-refractivity contribution in [2.45, 2.75) is 13.0 Å². The Hall–Kier alpha value is -0.260. The molecule has 0 fully saturated rings. The normalized spacial score (nSPS) is 11.8. The Morgan fingerprint density at radius 3 is 2.25 bits per heavy atom. The maximum Gasteiger partial charge on any atom is 0.113 e. The van der Waals surface area contributed by atoms with Crippen LogP contribution in [-0.4, -0.2) is 49.5 Å². The highest BCUT2D eigenvalue weighted by Gasteiger charge is 1.99. The maximum atomic E-state index is 11.3. The molecule has 0 amide bonds. The topological polar surface area (TPSA) is 49.7 Å². The van der Waals surface area contributed by atoms with E-state index in [1.54, 1.807) is 0 Å². The van der Waals surface area contributed by atoms with Gasteiger partial charge in [0.05, 0.1) is 26.5 Å². The van der Waals surface area contributed by atoms with Gasteiger partial charge in [0.25, 0.3) is 0 Å². The van der Waals surface area contributed by atoms with Gasteiger partial charge in [-0.05, 0) is 6.92 Å². The second kappa shape index (κ2) is 13.3. The number of hydrogen-bond acceptors (Lipinski definition) is 3. The predicted molar refractivity (Wildman–Crippen MR) is 41.5 cm³/mol. The molecule has 0 radical (unpaired) electrons. The molecule has 1 atom stereocenters. The molecular formula is C7H16F2O3. The number of rotatable bonds is 5. The van der Waals surface area contributed by atoms with Crippen molar-refractivity contribution in [1.29, 1.82) is 0 Å². The standard InChI is InChI=1S/C5H11FO3.C2H5F/c6-1-2-9-4-5(8)3-7;1-2-3/h5,7-8H,1-4H2;2H2,1H3. The van der Waals surface area contributed by atoms with Gasteiger partial charge in [-0.1, -0.05) is 0 Å². The molecular weight excluding hydrogens is 170 g/mol. The lowest BCUT2D eigenvalue weighted by atomic mass is 10.4. The van der Waals surface area contributed by atoms with Crippen molar-refractivity contribution in [3.05, 3.63) is 0 Å². The minimum absolute atomic E-state index is 0.000417. The zero-order valence-electron chi connectivity index (χ0n) is 7.17. The van der Waals surface area contributed by atoms with Crippen molar-refractivity contribution in [3.63, 3.8) is 0 Å². The van der Waals surface area contributed by atoms with Crippen LogP contribution in [0.25, 0.3) is 0 Å². The molecule has 0 aromatic rings. The smallest absolute Gasteiger partial charge is 0.113 e. The van der Waals surface area contributed by atoms with Gasteiger partial charge in [0.1, 0.15) is 12.8 Å². The highest BCUT2D eigenvalue weighted by Crippen LogP contribution is 1.82. The maximum absolute atomic E-state index is 11.3. The Balaban J connectivity index is 0. The van der Waals surface area contributed by atoms with Gasteiger partial charge < -0.3 is 14.9 Å². The first-order chi connectivity index (χ1) is 5.72. The molecule has 2 N–H and O–H groups in total. The van der Waals surface area contributed by atoms with Crippen LogP contribution in [-0.2, 0) is 4.74 Å². The Labute approximate surface area is 71.0 Å². The molecule has 0 aliphatic heterocycles. The van der Waals surface area contributed by atoms with Gasteiger partial charge in [-0.25, -0.2) is 4.39 Å². The summed E-state index contributed by atoms with van der Waals surface area (Å²) in [5.74, 6) is 0. The van der Waals surface area contributed by atoms with Gasteiger partial charge >= 0.3 is 0 Å². The van der Waals surface area contributed by atoms with Crippen LogP contribution >= 0.6 is 0 Å². The van der Waals surface area contributed by atoms with Crippen molar-refractivity contribution in [2.24, 2.45) is 0 Å². The van der Waals surface area contributed by atoms with Gasteiger partial charge in [0.2, 0.25) is 0 Å². The minimum atomic E-state index is -0.878. The Bertz CT molecular complexity index is 73.7. The van der Waals surface area contributed by atoms with Gasteiger partial charge in [-0.2, -0.15) is 0 Å². The zero-order valence-corrected chi connectivity index (χ0v) is 7.17. The van der Waals surface area contributed by atoms with Crippen LogP contribution < -0.4 is 0 Å². The number of ether oxygens (including phenoxy) is 1. The molecule has 5 heteroatoms. The fourth-order valence-electron chi connectivity index (χ4n) is 0.327. The Kier molecular flexibility index (Phi) is 15.9. The average Bonchev–Trinajstić information content (AvgIpc) is 2.06. The summed E-state index contributed by atoms with van der Waals surface area (Å²) in [4.78, 5) is 0. The Morgan fingerprint density at radius 2 is 1.92 bits per heavy atom. The first-order valence-corrected chi connectivity index (χ1v) is 3.71. The van der Waals surface area contributed by atoms with Gasteiger partial charge in [0.15, 0.2) is 0 Å². The van der Waals surface area contributed by atoms with E-state index in [1.807, 2.05) is 0 Å². The predicted octanol–water partition coefficient (Wildman–Crippen LogP) is 0.302. The van der Waals surface area contributed by atoms with E-state index < -0.39 is 12.8 Å². The fourth-order valence-corrected chi connectivity index (χ4v) is 0.327. The summed E-state index contributed by atoms with van der Waals surface area (Å²) >= 11 is 0. The van der Waals surface area contributed by atoms with Gasteiger partial charge in [0, 0.05) is 0 Å². The third-order valence-electron chi connectivity index (χ3n) is 0.742. The van der Waals surface area contributed by atoms with Crippen LogP contribution in [0.2, 0.25) is 0 Å². The molecule has 0 aromatic heterocycles. The molecule has 0 saturated carbocycles. The largest absolute Gasteiger partial charge is 0.394 e. The summed E-state index contributed by atoms with van der Waals surface area (Å²) in [7, 11) is 0. The summed E-state index contributed by atoms with van der Waals surface area (Å²) in [5.41, 5.74) is 0. The van der Waals surface area contributed by atoms with Crippen molar-refractivity contribution >= 4 is 0 Å². The van der Waals surface area contributed by atoms with E-state index in [1.165, 1.54) is 6.92 Å². The monoisotopic (exact) mass is 186 g/mol. The molecule has 76 valence electrons. The van der Waals surface area contributed by atoms with Crippen molar-refractivity contribution < 1.29 is 23.7 Å². The second-order valence-corrected chi connectivity index (χ2v) is 1.87. The van der Waals surface area contributed by atoms with E-state index in [-0.39, 0.29) is 26.5 Å². The molecule has 3 nitrogen and oxygen atoms in total. The number of alkyl halides is 2. The van der Waals surface area contributed by atoms with Crippen LogP contribution in [0.1, 0.15) is 6.92 Å². The quantitative estimate of drug-likeness (QED) is 0.607. The molecule has 0 rings (SSSR count). The molecule has 0 saturated heterocycles. The lowest BCUT2D eigenvalue weighted by molar-refractivity contribution is 0.00293. The number of aliphatic hydroxyl groups excluding tert-OH is 2. The van der Waals surface area contributed by atoms with Crippen LogP contribution in [0, 0.1) is 0 Å². The summed E-state index contributed by atoms with van der Waals surface area (Å²) < 4.78 is 26.1. The molecule has 0 spiro atoms. The Morgan fingerprint density at radius 1 is 1.42 bits per heavy atom. The van der Waals surface area contributed by atoms with Crippen molar-refractivity contribution in [3.8, 4) is 0 Å². The first kappa shape index (κ1) is 14.3. The van der Waals surface area contributed by atoms with E-state index in [0.717, 1.165) is 0 Å². The molecule has 1 unspecified atom stereocenters. The van der Waals surface area contributed by atoms with Crippen LogP contribution in [0.4, 0.5) is 8.78 Å². The van der Waals surface area contributed by atoms with Gasteiger partial charge in [-0.15, -0.1) is 0 Å². The first-order valence-electron chi connectivity index (χ1n) is 3.71. The molecule has 0 aromatic carbocycles. The minimum Gasteiger partial charge on any atom is -0.394 e. The van der Waals surface area contributed by atoms with E-state index >= 15 is 0 Å². The SMILES string of the molecule is CCF.OCC(O)COCCF. The molecule has 0 heterocycles. The van der Waals surface area contributed by atoms with E-state index in [4.69, 9.17) is 10.2 Å². The highest BCUT2D eigenvalue weighted by molar-refractivity contribution is 4.47. The lowest BCUT2D eigenvalue weighted by Gasteiger charge is -2.05. The van der Waals surface area contributed by atoms with Crippen LogP contribution in [0.3, 0.4) is 0 Å².